The summed E-state index contributed by atoms with van der Waals surface area (Å²) < 4.78 is 3.01. The molecule has 1 aliphatic heterocycles. The number of aromatic nitrogens is 3. The van der Waals surface area contributed by atoms with Crippen LogP contribution in [0.2, 0.25) is 0 Å². The van der Waals surface area contributed by atoms with Crippen LogP contribution in [0.1, 0.15) is 69.2 Å². The van der Waals surface area contributed by atoms with Gasteiger partial charge >= 0.3 is 0 Å². The van der Waals surface area contributed by atoms with Gasteiger partial charge in [-0.2, -0.15) is 5.10 Å². The number of hydrogen-bond donors (Lipinski definition) is 1. The molecular formula is C18H26N4OS. The number of carbonyl (C=O) groups excluding carboxylic acids is 1. The number of piperidine rings is 1. The Kier molecular flexibility index (Phi) is 3.58. The first-order chi connectivity index (χ1) is 11.7. The van der Waals surface area contributed by atoms with Gasteiger partial charge in [0, 0.05) is 31.0 Å². The number of aromatic amines is 1. The van der Waals surface area contributed by atoms with Gasteiger partial charge in [-0.15, -0.1) is 0 Å². The summed E-state index contributed by atoms with van der Waals surface area (Å²) in [7, 11) is 0. The largest absolute Gasteiger partial charge is 0.342 e. The molecule has 0 bridgehead atoms. The Hall–Kier alpha value is -1.17. The Morgan fingerprint density at radius 3 is 2.50 bits per heavy atom. The molecule has 1 aromatic heterocycles. The molecule has 3 aliphatic carbocycles. The maximum Gasteiger partial charge on any atom is 0.225 e. The van der Waals surface area contributed by atoms with Crippen LogP contribution in [-0.4, -0.2) is 38.7 Å². The van der Waals surface area contributed by atoms with E-state index >= 15 is 0 Å². The van der Waals surface area contributed by atoms with Crippen LogP contribution < -0.4 is 0 Å². The predicted octanol–water partition coefficient (Wildman–Crippen LogP) is 3.42. The molecule has 1 amide bonds. The fourth-order valence-corrected chi connectivity index (χ4v) is 5.06. The Labute approximate surface area is 147 Å². The van der Waals surface area contributed by atoms with Crippen LogP contribution in [0.15, 0.2) is 0 Å². The molecule has 24 heavy (non-hydrogen) atoms. The average molecular weight is 347 g/mol. The number of hydrogen-bond acceptors (Lipinski definition) is 3. The molecule has 4 aliphatic rings. The van der Waals surface area contributed by atoms with E-state index in [1.165, 1.54) is 32.1 Å². The van der Waals surface area contributed by atoms with Crippen LogP contribution in [0.5, 0.6) is 0 Å². The van der Waals surface area contributed by atoms with Crippen molar-refractivity contribution in [1.29, 1.82) is 0 Å². The van der Waals surface area contributed by atoms with Crippen molar-refractivity contribution in [2.24, 2.45) is 17.8 Å². The average Bonchev–Trinajstić information content (AvgIpc) is 3.46. The quantitative estimate of drug-likeness (QED) is 0.850. The molecular weight excluding hydrogens is 320 g/mol. The number of H-pyrrole nitrogens is 1. The summed E-state index contributed by atoms with van der Waals surface area (Å²) >= 11 is 5.40. The Bertz CT molecular complexity index is 694. The first-order valence-electron chi connectivity index (χ1n) is 9.68. The fourth-order valence-electron chi connectivity index (χ4n) is 4.77. The summed E-state index contributed by atoms with van der Waals surface area (Å²) in [4.78, 5) is 14.9. The normalized spacial score (nSPS) is 31.1. The van der Waals surface area contributed by atoms with Gasteiger partial charge in [0.2, 0.25) is 5.91 Å². The number of nitrogens with one attached hydrogen (secondary N) is 1. The molecule has 1 saturated heterocycles. The molecule has 1 N–H and O–H groups in total. The number of carbonyl (C=O) groups is 1. The SMILES string of the molecule is O=C([C@H]1C[C@@H]1C1CCC1)N1CCC(c2n[nH]c(=S)n2C2CC2)CC1. The highest BCUT2D eigenvalue weighted by Gasteiger charge is 2.50. The lowest BCUT2D eigenvalue weighted by Crippen LogP contribution is -2.39. The summed E-state index contributed by atoms with van der Waals surface area (Å²) in [6, 6.07) is 0.570. The van der Waals surface area contributed by atoms with E-state index in [0.29, 0.717) is 23.8 Å². The van der Waals surface area contributed by atoms with E-state index in [2.05, 4.69) is 19.7 Å². The van der Waals surface area contributed by atoms with Gasteiger partial charge < -0.3 is 9.47 Å². The van der Waals surface area contributed by atoms with Gasteiger partial charge in [0.25, 0.3) is 0 Å². The lowest BCUT2D eigenvalue weighted by molar-refractivity contribution is -0.134. The van der Waals surface area contributed by atoms with Crippen molar-refractivity contribution in [2.45, 2.75) is 63.3 Å². The topological polar surface area (TPSA) is 53.9 Å². The number of likely N-dealkylation sites (tertiary alicyclic amines) is 1. The third kappa shape index (κ3) is 2.54. The van der Waals surface area contributed by atoms with Crippen molar-refractivity contribution in [3.05, 3.63) is 10.6 Å². The van der Waals surface area contributed by atoms with Crippen LogP contribution >= 0.6 is 12.2 Å². The number of amides is 1. The molecule has 0 unspecified atom stereocenters. The van der Waals surface area contributed by atoms with Crippen molar-refractivity contribution in [3.63, 3.8) is 0 Å². The van der Waals surface area contributed by atoms with E-state index in [0.717, 1.165) is 54.8 Å². The third-order valence-corrected chi connectivity index (χ3v) is 7.02. The molecule has 4 fully saturated rings. The smallest absolute Gasteiger partial charge is 0.225 e. The molecule has 0 radical (unpaired) electrons. The summed E-state index contributed by atoms with van der Waals surface area (Å²) in [5, 5.41) is 7.50. The van der Waals surface area contributed by atoms with Crippen LogP contribution in [0.4, 0.5) is 0 Å². The summed E-state index contributed by atoms with van der Waals surface area (Å²) in [6.45, 7) is 1.78. The minimum absolute atomic E-state index is 0.355. The van der Waals surface area contributed by atoms with Crippen molar-refractivity contribution in [3.8, 4) is 0 Å². The van der Waals surface area contributed by atoms with E-state index in [1.807, 2.05) is 0 Å². The molecule has 2 heterocycles. The molecule has 3 saturated carbocycles. The highest BCUT2D eigenvalue weighted by molar-refractivity contribution is 7.71. The van der Waals surface area contributed by atoms with Crippen LogP contribution in [0.3, 0.4) is 0 Å². The van der Waals surface area contributed by atoms with Crippen molar-refractivity contribution in [1.82, 2.24) is 19.7 Å². The standard InChI is InChI=1S/C18H26N4OS/c23-17(15-10-14(15)11-2-1-3-11)21-8-6-12(7-9-21)16-19-20-18(24)22(16)13-4-5-13/h11-15H,1-10H2,(H,20,24)/t14-,15+/m1/s1. The Balaban J connectivity index is 1.20. The second-order valence-electron chi connectivity index (χ2n) is 8.28. The molecule has 0 spiro atoms. The van der Waals surface area contributed by atoms with Crippen LogP contribution in [-0.2, 0) is 4.79 Å². The van der Waals surface area contributed by atoms with E-state index in [-0.39, 0.29) is 0 Å². The van der Waals surface area contributed by atoms with Gasteiger partial charge in [0.1, 0.15) is 5.82 Å². The van der Waals surface area contributed by atoms with Gasteiger partial charge in [-0.1, -0.05) is 19.3 Å². The summed E-state index contributed by atoms with van der Waals surface area (Å²) in [5.41, 5.74) is 0. The fraction of sp³-hybridized carbons (Fsp3) is 0.833. The van der Waals surface area contributed by atoms with Gasteiger partial charge in [0.05, 0.1) is 0 Å². The van der Waals surface area contributed by atoms with Crippen molar-refractivity contribution >= 4 is 18.1 Å². The third-order valence-electron chi connectivity index (χ3n) is 6.73. The van der Waals surface area contributed by atoms with E-state index in [4.69, 9.17) is 12.2 Å². The van der Waals surface area contributed by atoms with E-state index in [1.54, 1.807) is 0 Å². The maximum absolute atomic E-state index is 12.7. The van der Waals surface area contributed by atoms with Crippen molar-refractivity contribution in [2.75, 3.05) is 13.1 Å². The van der Waals surface area contributed by atoms with Gasteiger partial charge in [-0.3, -0.25) is 9.89 Å². The molecule has 1 aromatic rings. The highest BCUT2D eigenvalue weighted by Crippen LogP contribution is 2.52. The monoisotopic (exact) mass is 346 g/mol. The molecule has 6 heteroatoms. The zero-order valence-corrected chi connectivity index (χ0v) is 14.9. The predicted molar refractivity (Wildman–Crippen MR) is 93.2 cm³/mol. The molecule has 5 rings (SSSR count). The zero-order chi connectivity index (χ0) is 16.3. The van der Waals surface area contributed by atoms with Crippen molar-refractivity contribution < 1.29 is 4.79 Å². The van der Waals surface area contributed by atoms with Gasteiger partial charge in [-0.25, -0.2) is 0 Å². The molecule has 0 aromatic carbocycles. The summed E-state index contributed by atoms with van der Waals surface area (Å²) in [6.07, 6.45) is 9.76. The van der Waals surface area contributed by atoms with Crippen LogP contribution in [0, 0.1) is 22.5 Å². The molecule has 130 valence electrons. The van der Waals surface area contributed by atoms with Crippen LogP contribution in [0.25, 0.3) is 0 Å². The molecule has 2 atom stereocenters. The van der Waals surface area contributed by atoms with Gasteiger partial charge in [0.15, 0.2) is 4.77 Å². The van der Waals surface area contributed by atoms with Gasteiger partial charge in [-0.05, 0) is 56.2 Å². The number of rotatable bonds is 4. The minimum Gasteiger partial charge on any atom is -0.342 e. The zero-order valence-electron chi connectivity index (χ0n) is 14.1. The maximum atomic E-state index is 12.7. The van der Waals surface area contributed by atoms with E-state index in [9.17, 15) is 4.79 Å². The Morgan fingerprint density at radius 2 is 1.88 bits per heavy atom. The summed E-state index contributed by atoms with van der Waals surface area (Å²) in [5.74, 6) is 3.95. The first-order valence-corrected chi connectivity index (χ1v) is 10.1. The second kappa shape index (κ2) is 5.68. The highest BCUT2D eigenvalue weighted by atomic mass is 32.1. The lowest BCUT2D eigenvalue weighted by Gasteiger charge is -2.32. The first kappa shape index (κ1) is 15.1. The van der Waals surface area contributed by atoms with E-state index < -0.39 is 0 Å². The minimum atomic E-state index is 0.355. The lowest BCUT2D eigenvalue weighted by atomic mass is 9.81. The number of nitrogens with zero attached hydrogens (tertiary/aromatic N) is 3. The molecule has 5 nitrogen and oxygen atoms in total. The Morgan fingerprint density at radius 1 is 1.12 bits per heavy atom. The second-order valence-corrected chi connectivity index (χ2v) is 8.67.